The van der Waals surface area contributed by atoms with Crippen molar-refractivity contribution in [2.24, 2.45) is 5.41 Å². The van der Waals surface area contributed by atoms with Crippen molar-refractivity contribution in [1.29, 1.82) is 0 Å². The van der Waals surface area contributed by atoms with Crippen LogP contribution in [0, 0.1) is 5.41 Å². The zero-order valence-corrected chi connectivity index (χ0v) is 12.4. The highest BCUT2D eigenvalue weighted by molar-refractivity contribution is 6.04. The summed E-state index contributed by atoms with van der Waals surface area (Å²) in [5.74, 6) is -1.21. The van der Waals surface area contributed by atoms with Crippen molar-refractivity contribution in [3.8, 4) is 0 Å². The van der Waals surface area contributed by atoms with Crippen LogP contribution in [0.4, 0.5) is 0 Å². The van der Waals surface area contributed by atoms with Crippen molar-refractivity contribution in [3.05, 3.63) is 35.4 Å². The number of carbonyl (C=O) groups is 2. The van der Waals surface area contributed by atoms with E-state index in [2.05, 4.69) is 12.1 Å². The van der Waals surface area contributed by atoms with Crippen LogP contribution in [-0.2, 0) is 26.3 Å². The number of morpholine rings is 1. The van der Waals surface area contributed by atoms with E-state index in [1.807, 2.05) is 12.1 Å². The summed E-state index contributed by atoms with van der Waals surface area (Å²) >= 11 is 0. The van der Waals surface area contributed by atoms with E-state index in [9.17, 15) is 14.7 Å². The lowest BCUT2D eigenvalue weighted by atomic mass is 9.92. The standard InChI is InChI=1S/C17H19NO4/c19-14(16(7-8-16)15(20)21)18-9-10-22-17(11-18)6-5-12-3-1-2-4-13(12)17/h1-4H,5-11H2,(H,20,21)/t17-/m0/s1. The van der Waals surface area contributed by atoms with Gasteiger partial charge in [-0.2, -0.15) is 0 Å². The Kier molecular flexibility index (Phi) is 2.85. The number of fused-ring (bicyclic) bond motifs is 2. The number of carbonyl (C=O) groups excluding carboxylic acids is 1. The molecule has 5 heteroatoms. The van der Waals surface area contributed by atoms with Crippen molar-refractivity contribution in [2.45, 2.75) is 31.3 Å². The van der Waals surface area contributed by atoms with Gasteiger partial charge in [0.1, 0.15) is 11.0 Å². The Morgan fingerprint density at radius 2 is 1.95 bits per heavy atom. The number of aryl methyl sites for hydroxylation is 1. The highest BCUT2D eigenvalue weighted by Gasteiger charge is 2.59. The maximum atomic E-state index is 12.7. The maximum absolute atomic E-state index is 12.7. The van der Waals surface area contributed by atoms with Crippen LogP contribution in [0.3, 0.4) is 0 Å². The van der Waals surface area contributed by atoms with Crippen LogP contribution in [0.2, 0.25) is 0 Å². The average Bonchev–Trinajstić information content (AvgIpc) is 3.29. The molecule has 1 spiro atoms. The SMILES string of the molecule is O=C(O)C1(C(=O)N2CCO[C@@]3(CCc4ccccc43)C2)CC1. The number of nitrogens with zero attached hydrogens (tertiary/aromatic N) is 1. The molecule has 1 atom stereocenters. The monoisotopic (exact) mass is 301 g/mol. The molecule has 1 N–H and O–H groups in total. The second-order valence-corrected chi connectivity index (χ2v) is 6.61. The van der Waals surface area contributed by atoms with E-state index in [-0.39, 0.29) is 5.91 Å². The molecule has 1 saturated heterocycles. The van der Waals surface area contributed by atoms with Crippen LogP contribution in [-0.4, -0.2) is 41.6 Å². The van der Waals surface area contributed by atoms with Gasteiger partial charge in [-0.05, 0) is 36.8 Å². The summed E-state index contributed by atoms with van der Waals surface area (Å²) in [6, 6.07) is 8.19. The number of ether oxygens (including phenoxy) is 1. The summed E-state index contributed by atoms with van der Waals surface area (Å²) in [4.78, 5) is 25.8. The van der Waals surface area contributed by atoms with E-state index >= 15 is 0 Å². The summed E-state index contributed by atoms with van der Waals surface area (Å²) in [5, 5.41) is 9.34. The van der Waals surface area contributed by atoms with Gasteiger partial charge in [0, 0.05) is 6.54 Å². The Morgan fingerprint density at radius 3 is 2.68 bits per heavy atom. The second kappa shape index (κ2) is 4.56. The number of carboxylic acids is 1. The quantitative estimate of drug-likeness (QED) is 0.842. The van der Waals surface area contributed by atoms with Gasteiger partial charge in [0.15, 0.2) is 0 Å². The molecule has 0 bridgehead atoms. The normalized spacial score (nSPS) is 28.5. The lowest BCUT2D eigenvalue weighted by molar-refractivity contribution is -0.164. The molecule has 2 aliphatic carbocycles. The van der Waals surface area contributed by atoms with Crippen LogP contribution in [0.5, 0.6) is 0 Å². The first-order valence-electron chi connectivity index (χ1n) is 7.83. The van der Waals surface area contributed by atoms with E-state index in [0.29, 0.717) is 32.5 Å². The van der Waals surface area contributed by atoms with Gasteiger partial charge in [0.05, 0.1) is 13.2 Å². The first-order valence-corrected chi connectivity index (χ1v) is 7.83. The number of amides is 1. The molecule has 5 nitrogen and oxygen atoms in total. The van der Waals surface area contributed by atoms with E-state index < -0.39 is 17.0 Å². The van der Waals surface area contributed by atoms with Crippen molar-refractivity contribution < 1.29 is 19.4 Å². The summed E-state index contributed by atoms with van der Waals surface area (Å²) in [6.07, 6.45) is 2.72. The van der Waals surface area contributed by atoms with Gasteiger partial charge in [-0.25, -0.2) is 0 Å². The van der Waals surface area contributed by atoms with Crippen LogP contribution in [0.1, 0.15) is 30.4 Å². The maximum Gasteiger partial charge on any atom is 0.319 e. The van der Waals surface area contributed by atoms with Crippen molar-refractivity contribution in [2.75, 3.05) is 19.7 Å². The predicted molar refractivity (Wildman–Crippen MR) is 78.3 cm³/mol. The fourth-order valence-corrected chi connectivity index (χ4v) is 3.87. The summed E-state index contributed by atoms with van der Waals surface area (Å²) in [6.45, 7) is 1.42. The second-order valence-electron chi connectivity index (χ2n) is 6.61. The Bertz CT molecular complexity index is 648. The topological polar surface area (TPSA) is 66.8 Å². The van der Waals surface area contributed by atoms with Crippen LogP contribution < -0.4 is 0 Å². The molecule has 22 heavy (non-hydrogen) atoms. The largest absolute Gasteiger partial charge is 0.480 e. The van der Waals surface area contributed by atoms with Crippen molar-refractivity contribution in [3.63, 3.8) is 0 Å². The third-order valence-electron chi connectivity index (χ3n) is 5.35. The van der Waals surface area contributed by atoms with Gasteiger partial charge in [-0.3, -0.25) is 9.59 Å². The molecule has 0 aromatic heterocycles. The van der Waals surface area contributed by atoms with Gasteiger partial charge in [0.2, 0.25) is 5.91 Å². The number of rotatable bonds is 2. The molecule has 1 aromatic carbocycles. The van der Waals surface area contributed by atoms with Crippen LogP contribution in [0.15, 0.2) is 24.3 Å². The molecule has 4 rings (SSSR count). The number of carboxylic acid groups (broad SMARTS) is 1. The van der Waals surface area contributed by atoms with Gasteiger partial charge in [-0.15, -0.1) is 0 Å². The molecule has 1 heterocycles. The van der Waals surface area contributed by atoms with E-state index in [4.69, 9.17) is 4.74 Å². The first kappa shape index (κ1) is 13.8. The molecule has 1 saturated carbocycles. The number of hydrogen-bond donors (Lipinski definition) is 1. The van der Waals surface area contributed by atoms with E-state index in [1.54, 1.807) is 4.90 Å². The fraction of sp³-hybridized carbons (Fsp3) is 0.529. The van der Waals surface area contributed by atoms with Gasteiger partial charge >= 0.3 is 5.97 Å². The Labute approximate surface area is 128 Å². The lowest BCUT2D eigenvalue weighted by Crippen LogP contribution is -2.53. The molecule has 2 fully saturated rings. The summed E-state index contributed by atoms with van der Waals surface area (Å²) in [7, 11) is 0. The molecule has 0 unspecified atom stereocenters. The van der Waals surface area contributed by atoms with Gasteiger partial charge in [0.25, 0.3) is 0 Å². The predicted octanol–water partition coefficient (Wildman–Crippen LogP) is 1.55. The third kappa shape index (κ3) is 1.81. The average molecular weight is 301 g/mol. The highest BCUT2D eigenvalue weighted by Crippen LogP contribution is 2.49. The first-order chi connectivity index (χ1) is 10.6. The van der Waals surface area contributed by atoms with Crippen molar-refractivity contribution in [1.82, 2.24) is 4.90 Å². The lowest BCUT2D eigenvalue weighted by Gasteiger charge is -2.42. The zero-order valence-electron chi connectivity index (χ0n) is 12.4. The zero-order chi connectivity index (χ0) is 15.4. The minimum atomic E-state index is -1.16. The molecule has 3 aliphatic rings. The molecule has 0 radical (unpaired) electrons. The Hall–Kier alpha value is -1.88. The molecular formula is C17H19NO4. The minimum Gasteiger partial charge on any atom is -0.480 e. The summed E-state index contributed by atoms with van der Waals surface area (Å²) < 4.78 is 6.09. The Morgan fingerprint density at radius 1 is 1.18 bits per heavy atom. The van der Waals surface area contributed by atoms with Crippen LogP contribution in [0.25, 0.3) is 0 Å². The van der Waals surface area contributed by atoms with Gasteiger partial charge in [-0.1, -0.05) is 24.3 Å². The number of aliphatic carboxylic acids is 1. The minimum absolute atomic E-state index is 0.230. The molecular weight excluding hydrogens is 282 g/mol. The highest BCUT2D eigenvalue weighted by atomic mass is 16.5. The fourth-order valence-electron chi connectivity index (χ4n) is 3.87. The van der Waals surface area contributed by atoms with Crippen molar-refractivity contribution >= 4 is 11.9 Å². The van der Waals surface area contributed by atoms with E-state index in [0.717, 1.165) is 18.4 Å². The number of hydrogen-bond acceptors (Lipinski definition) is 3. The van der Waals surface area contributed by atoms with E-state index in [1.165, 1.54) is 5.56 Å². The molecule has 1 amide bonds. The molecule has 116 valence electrons. The summed E-state index contributed by atoms with van der Waals surface area (Å²) in [5.41, 5.74) is 0.833. The number of benzene rings is 1. The van der Waals surface area contributed by atoms with Crippen LogP contribution >= 0.6 is 0 Å². The third-order valence-corrected chi connectivity index (χ3v) is 5.35. The Balaban J connectivity index is 1.61. The molecule has 1 aliphatic heterocycles. The smallest absolute Gasteiger partial charge is 0.319 e. The van der Waals surface area contributed by atoms with Gasteiger partial charge < -0.3 is 14.7 Å². The molecule has 1 aromatic rings.